The molecule has 0 saturated heterocycles. The maximum absolute atomic E-state index is 11.1. The van der Waals surface area contributed by atoms with Gasteiger partial charge in [-0.1, -0.05) is 0 Å². The van der Waals surface area contributed by atoms with Crippen LogP contribution in [-0.4, -0.2) is 19.6 Å². The van der Waals surface area contributed by atoms with Gasteiger partial charge in [-0.2, -0.15) is 5.10 Å². The minimum atomic E-state index is -0.157. The molecule has 0 aromatic carbocycles. The second kappa shape index (κ2) is 1.91. The number of H-pyrrole nitrogens is 1. The van der Waals surface area contributed by atoms with Gasteiger partial charge in [0.15, 0.2) is 0 Å². The van der Waals surface area contributed by atoms with E-state index in [1.54, 1.807) is 6.92 Å². The fourth-order valence-corrected chi connectivity index (χ4v) is 0.946. The van der Waals surface area contributed by atoms with Gasteiger partial charge in [0.2, 0.25) is 0 Å². The van der Waals surface area contributed by atoms with Crippen LogP contribution in [0, 0.1) is 6.92 Å². The summed E-state index contributed by atoms with van der Waals surface area (Å²) in [5.41, 5.74) is 0.311. The van der Waals surface area contributed by atoms with Gasteiger partial charge in [0.05, 0.1) is 6.20 Å². The summed E-state index contributed by atoms with van der Waals surface area (Å²) in [6.07, 6.45) is 2.98. The largest absolute Gasteiger partial charge is 0.307 e. The van der Waals surface area contributed by atoms with E-state index in [2.05, 4.69) is 15.1 Å². The van der Waals surface area contributed by atoms with Crippen LogP contribution in [0.15, 0.2) is 17.3 Å². The van der Waals surface area contributed by atoms with Crippen LogP contribution < -0.4 is 5.56 Å². The average Bonchev–Trinajstić information content (AvgIpc) is 2.34. The lowest BCUT2D eigenvalue weighted by molar-refractivity contribution is 0.836. The van der Waals surface area contributed by atoms with Gasteiger partial charge in [-0.15, -0.1) is 0 Å². The zero-order valence-electron chi connectivity index (χ0n) is 5.90. The molecule has 2 aromatic heterocycles. The molecule has 11 heavy (non-hydrogen) atoms. The Kier molecular flexibility index (Phi) is 1.06. The number of hydrogen-bond donors (Lipinski definition) is 1. The molecule has 5 heteroatoms. The fourth-order valence-electron chi connectivity index (χ4n) is 0.946. The first-order valence-electron chi connectivity index (χ1n) is 3.16. The van der Waals surface area contributed by atoms with Gasteiger partial charge in [0.1, 0.15) is 17.7 Å². The third-order valence-corrected chi connectivity index (χ3v) is 1.40. The highest BCUT2D eigenvalue weighted by molar-refractivity contribution is 5.39. The Morgan fingerprint density at radius 2 is 2.45 bits per heavy atom. The van der Waals surface area contributed by atoms with Crippen LogP contribution in [0.25, 0.3) is 5.52 Å². The summed E-state index contributed by atoms with van der Waals surface area (Å²) in [5.74, 6) is 0.584. The molecule has 0 radical (unpaired) electrons. The summed E-state index contributed by atoms with van der Waals surface area (Å²) >= 11 is 0. The van der Waals surface area contributed by atoms with Crippen molar-refractivity contribution in [1.29, 1.82) is 0 Å². The molecule has 0 atom stereocenters. The van der Waals surface area contributed by atoms with E-state index in [1.165, 1.54) is 17.0 Å². The Morgan fingerprint density at radius 3 is 3.27 bits per heavy atom. The van der Waals surface area contributed by atoms with Crippen LogP contribution in [0.3, 0.4) is 0 Å². The quantitative estimate of drug-likeness (QED) is 0.562. The van der Waals surface area contributed by atoms with Gasteiger partial charge in [0, 0.05) is 0 Å². The summed E-state index contributed by atoms with van der Waals surface area (Å²) in [6.45, 7) is 1.72. The molecular formula is C6H6N4O. The number of nitrogens with one attached hydrogen (secondary N) is 1. The smallest absolute Gasteiger partial charge is 0.276 e. The van der Waals surface area contributed by atoms with Crippen molar-refractivity contribution in [2.75, 3.05) is 0 Å². The number of aryl methyl sites for hydroxylation is 1. The van der Waals surface area contributed by atoms with Crippen molar-refractivity contribution in [3.8, 4) is 0 Å². The Morgan fingerprint density at radius 1 is 1.64 bits per heavy atom. The van der Waals surface area contributed by atoms with E-state index < -0.39 is 0 Å². The van der Waals surface area contributed by atoms with E-state index in [9.17, 15) is 4.79 Å². The number of rotatable bonds is 0. The van der Waals surface area contributed by atoms with Gasteiger partial charge < -0.3 is 4.98 Å². The second-order valence-electron chi connectivity index (χ2n) is 2.26. The lowest BCUT2D eigenvalue weighted by atomic mass is 10.6. The molecule has 0 spiro atoms. The zero-order valence-corrected chi connectivity index (χ0v) is 5.90. The van der Waals surface area contributed by atoms with Crippen LogP contribution in [0.5, 0.6) is 0 Å². The van der Waals surface area contributed by atoms with Gasteiger partial charge in [-0.3, -0.25) is 4.79 Å². The third kappa shape index (κ3) is 0.813. The molecule has 1 N–H and O–H groups in total. The molecule has 56 valence electrons. The molecule has 0 fully saturated rings. The normalized spacial score (nSPS) is 10.6. The summed E-state index contributed by atoms with van der Waals surface area (Å²) < 4.78 is 1.45. The summed E-state index contributed by atoms with van der Waals surface area (Å²) in [7, 11) is 0. The van der Waals surface area contributed by atoms with Crippen molar-refractivity contribution in [2.45, 2.75) is 6.92 Å². The van der Waals surface area contributed by atoms with E-state index in [1.807, 2.05) is 0 Å². The van der Waals surface area contributed by atoms with Gasteiger partial charge in [-0.25, -0.2) is 9.50 Å². The molecular weight excluding hydrogens is 144 g/mol. The number of fused-ring (bicyclic) bond motifs is 1. The van der Waals surface area contributed by atoms with Crippen molar-refractivity contribution in [1.82, 2.24) is 19.6 Å². The standard InChI is InChI=1S/C6H6N4O/c1-4-8-6(11)5-2-7-3-10(5)9-4/h2-3H,1H3,(H,8,9,11). The van der Waals surface area contributed by atoms with E-state index in [-0.39, 0.29) is 5.56 Å². The van der Waals surface area contributed by atoms with Crippen LogP contribution >= 0.6 is 0 Å². The molecule has 0 aliphatic carbocycles. The molecule has 0 saturated carbocycles. The average molecular weight is 150 g/mol. The first kappa shape index (κ1) is 6.09. The van der Waals surface area contributed by atoms with Gasteiger partial charge in [0.25, 0.3) is 5.56 Å². The Bertz CT molecular complexity index is 441. The van der Waals surface area contributed by atoms with E-state index in [0.717, 1.165) is 0 Å². The van der Waals surface area contributed by atoms with Crippen molar-refractivity contribution in [3.63, 3.8) is 0 Å². The lowest BCUT2D eigenvalue weighted by Gasteiger charge is -1.92. The van der Waals surface area contributed by atoms with E-state index in [4.69, 9.17) is 0 Å². The first-order valence-corrected chi connectivity index (χ1v) is 3.16. The Balaban J connectivity index is 3.02. The molecule has 0 amide bonds. The fraction of sp³-hybridized carbons (Fsp3) is 0.167. The van der Waals surface area contributed by atoms with Crippen LogP contribution in [0.1, 0.15) is 5.82 Å². The highest BCUT2D eigenvalue weighted by Crippen LogP contribution is 1.90. The molecule has 0 bridgehead atoms. The summed E-state index contributed by atoms with van der Waals surface area (Å²) in [5, 5.41) is 4.00. The highest BCUT2D eigenvalue weighted by Gasteiger charge is 1.98. The number of hydrogen-bond acceptors (Lipinski definition) is 3. The molecule has 5 nitrogen and oxygen atoms in total. The third-order valence-electron chi connectivity index (χ3n) is 1.40. The van der Waals surface area contributed by atoms with E-state index >= 15 is 0 Å². The lowest BCUT2D eigenvalue weighted by Crippen LogP contribution is -2.12. The summed E-state index contributed by atoms with van der Waals surface area (Å²) in [4.78, 5) is 17.5. The van der Waals surface area contributed by atoms with Crippen molar-refractivity contribution >= 4 is 5.52 Å². The number of aromatic nitrogens is 4. The monoisotopic (exact) mass is 150 g/mol. The Hall–Kier alpha value is -1.65. The number of imidazole rings is 1. The first-order chi connectivity index (χ1) is 5.27. The van der Waals surface area contributed by atoms with Crippen LogP contribution in [-0.2, 0) is 0 Å². The molecule has 0 aliphatic rings. The maximum atomic E-state index is 11.1. The second-order valence-corrected chi connectivity index (χ2v) is 2.26. The van der Waals surface area contributed by atoms with Gasteiger partial charge in [-0.05, 0) is 6.92 Å². The van der Waals surface area contributed by atoms with Crippen LogP contribution in [0.4, 0.5) is 0 Å². The zero-order chi connectivity index (χ0) is 7.84. The minimum absolute atomic E-state index is 0.157. The minimum Gasteiger partial charge on any atom is -0.307 e. The van der Waals surface area contributed by atoms with E-state index in [0.29, 0.717) is 11.3 Å². The number of nitrogens with zero attached hydrogens (tertiary/aromatic N) is 3. The highest BCUT2D eigenvalue weighted by atomic mass is 16.1. The number of aromatic amines is 1. The predicted molar refractivity (Wildman–Crippen MR) is 38.3 cm³/mol. The molecule has 2 heterocycles. The van der Waals surface area contributed by atoms with Gasteiger partial charge >= 0.3 is 0 Å². The predicted octanol–water partition coefficient (Wildman–Crippen LogP) is -0.274. The summed E-state index contributed by atoms with van der Waals surface area (Å²) in [6, 6.07) is 0. The van der Waals surface area contributed by atoms with Crippen LogP contribution in [0.2, 0.25) is 0 Å². The molecule has 2 aromatic rings. The maximum Gasteiger partial charge on any atom is 0.276 e. The topological polar surface area (TPSA) is 63.1 Å². The molecule has 0 unspecified atom stereocenters. The van der Waals surface area contributed by atoms with Crippen molar-refractivity contribution in [3.05, 3.63) is 28.7 Å². The SMILES string of the molecule is Cc1nn2cncc2c(=O)[nH]1. The van der Waals surface area contributed by atoms with Crippen molar-refractivity contribution in [2.24, 2.45) is 0 Å². The Labute approximate surface area is 61.7 Å². The molecule has 0 aliphatic heterocycles. The van der Waals surface area contributed by atoms with Crippen molar-refractivity contribution < 1.29 is 0 Å². The molecule has 2 rings (SSSR count).